The van der Waals surface area contributed by atoms with Crippen molar-refractivity contribution in [2.45, 2.75) is 26.1 Å². The maximum Gasteiger partial charge on any atom is 0.247 e. The van der Waals surface area contributed by atoms with Crippen LogP contribution in [0.25, 0.3) is 11.5 Å². The molecule has 0 saturated heterocycles. The topological polar surface area (TPSA) is 68.8 Å². The Morgan fingerprint density at radius 2 is 2.05 bits per heavy atom. The first-order valence-electron chi connectivity index (χ1n) is 6.90. The molecule has 6 nitrogen and oxygen atoms in total. The first-order valence-corrected chi connectivity index (χ1v) is 6.90. The van der Waals surface area contributed by atoms with Gasteiger partial charge in [0, 0.05) is 24.0 Å². The molecule has 0 amide bonds. The van der Waals surface area contributed by atoms with Gasteiger partial charge in [-0.1, -0.05) is 18.2 Å². The minimum atomic E-state index is 0.261. The molecular weight excluding hydrogens is 266 g/mol. The number of nitrogens with zero attached hydrogens (tertiary/aromatic N) is 4. The largest absolute Gasteiger partial charge is 0.419 e. The molecular formula is C15H17N5O. The molecule has 0 spiro atoms. The predicted octanol–water partition coefficient (Wildman–Crippen LogP) is 2.11. The van der Waals surface area contributed by atoms with Gasteiger partial charge < -0.3 is 9.73 Å². The van der Waals surface area contributed by atoms with E-state index in [1.165, 1.54) is 0 Å². The van der Waals surface area contributed by atoms with E-state index in [9.17, 15) is 0 Å². The Kier molecular flexibility index (Phi) is 4.07. The molecule has 0 aliphatic carbocycles. The maximum atomic E-state index is 5.65. The summed E-state index contributed by atoms with van der Waals surface area (Å²) in [5.74, 6) is 1.13. The third kappa shape index (κ3) is 3.55. The minimum Gasteiger partial charge on any atom is -0.419 e. The van der Waals surface area contributed by atoms with Crippen molar-refractivity contribution in [1.29, 1.82) is 0 Å². The van der Waals surface area contributed by atoms with Crippen LogP contribution in [-0.4, -0.2) is 26.0 Å². The lowest BCUT2D eigenvalue weighted by atomic mass is 10.2. The van der Waals surface area contributed by atoms with Crippen LogP contribution in [0, 0.1) is 0 Å². The fourth-order valence-electron chi connectivity index (χ4n) is 2.04. The monoisotopic (exact) mass is 283 g/mol. The van der Waals surface area contributed by atoms with Crippen LogP contribution >= 0.6 is 0 Å². The SMILES string of the molecule is C[C@H](Cn1cccn1)NCc1nnc(-c2ccccc2)o1. The van der Waals surface area contributed by atoms with Crippen LogP contribution in [-0.2, 0) is 13.1 Å². The van der Waals surface area contributed by atoms with Gasteiger partial charge in [-0.2, -0.15) is 5.10 Å². The second-order valence-electron chi connectivity index (χ2n) is 4.88. The summed E-state index contributed by atoms with van der Waals surface area (Å²) in [6, 6.07) is 11.9. The molecule has 6 heteroatoms. The average molecular weight is 283 g/mol. The van der Waals surface area contributed by atoms with Crippen molar-refractivity contribution in [1.82, 2.24) is 25.3 Å². The number of rotatable bonds is 6. The van der Waals surface area contributed by atoms with Crippen molar-refractivity contribution in [3.05, 3.63) is 54.7 Å². The van der Waals surface area contributed by atoms with Crippen molar-refractivity contribution in [3.63, 3.8) is 0 Å². The smallest absolute Gasteiger partial charge is 0.247 e. The summed E-state index contributed by atoms with van der Waals surface area (Å²) < 4.78 is 7.54. The molecule has 3 aromatic rings. The second kappa shape index (κ2) is 6.32. The van der Waals surface area contributed by atoms with Gasteiger partial charge in [-0.05, 0) is 25.1 Å². The molecule has 3 rings (SSSR count). The zero-order valence-electron chi connectivity index (χ0n) is 11.8. The Labute approximate surface area is 122 Å². The lowest BCUT2D eigenvalue weighted by Crippen LogP contribution is -2.30. The summed E-state index contributed by atoms with van der Waals surface area (Å²) >= 11 is 0. The molecule has 1 aromatic carbocycles. The van der Waals surface area contributed by atoms with Gasteiger partial charge in [0.1, 0.15) is 0 Å². The van der Waals surface area contributed by atoms with Gasteiger partial charge in [0.25, 0.3) is 0 Å². The fourth-order valence-corrected chi connectivity index (χ4v) is 2.04. The van der Waals surface area contributed by atoms with E-state index < -0.39 is 0 Å². The molecule has 108 valence electrons. The molecule has 0 unspecified atom stereocenters. The van der Waals surface area contributed by atoms with Crippen LogP contribution < -0.4 is 5.32 Å². The normalized spacial score (nSPS) is 12.4. The van der Waals surface area contributed by atoms with Gasteiger partial charge in [-0.15, -0.1) is 10.2 Å². The van der Waals surface area contributed by atoms with Gasteiger partial charge in [0.15, 0.2) is 0 Å². The zero-order chi connectivity index (χ0) is 14.5. The van der Waals surface area contributed by atoms with E-state index in [1.807, 2.05) is 47.3 Å². The average Bonchev–Trinajstić information content (AvgIpc) is 3.17. The molecule has 21 heavy (non-hydrogen) atoms. The third-order valence-electron chi connectivity index (χ3n) is 3.11. The van der Waals surface area contributed by atoms with Crippen LogP contribution in [0.4, 0.5) is 0 Å². The molecule has 0 aliphatic heterocycles. The highest BCUT2D eigenvalue weighted by molar-refractivity contribution is 5.51. The Hall–Kier alpha value is -2.47. The van der Waals surface area contributed by atoms with Gasteiger partial charge >= 0.3 is 0 Å². The summed E-state index contributed by atoms with van der Waals surface area (Å²) in [5.41, 5.74) is 0.931. The van der Waals surface area contributed by atoms with E-state index in [0.29, 0.717) is 18.3 Å². The Balaban J connectivity index is 1.55. The van der Waals surface area contributed by atoms with E-state index in [4.69, 9.17) is 4.42 Å². The van der Waals surface area contributed by atoms with Gasteiger partial charge in [-0.25, -0.2) is 0 Å². The molecule has 1 atom stereocenters. The van der Waals surface area contributed by atoms with Crippen LogP contribution in [0.1, 0.15) is 12.8 Å². The zero-order valence-corrected chi connectivity index (χ0v) is 11.8. The van der Waals surface area contributed by atoms with Crippen molar-refractivity contribution in [2.75, 3.05) is 0 Å². The first-order chi connectivity index (χ1) is 10.3. The molecule has 2 aromatic heterocycles. The molecule has 0 saturated carbocycles. The van der Waals surface area contributed by atoms with Crippen LogP contribution in [0.3, 0.4) is 0 Å². The van der Waals surface area contributed by atoms with Crippen molar-refractivity contribution in [3.8, 4) is 11.5 Å². The Morgan fingerprint density at radius 3 is 2.81 bits per heavy atom. The molecule has 0 aliphatic rings. The van der Waals surface area contributed by atoms with Crippen molar-refractivity contribution in [2.24, 2.45) is 0 Å². The van der Waals surface area contributed by atoms with Gasteiger partial charge in [-0.3, -0.25) is 4.68 Å². The highest BCUT2D eigenvalue weighted by atomic mass is 16.4. The minimum absolute atomic E-state index is 0.261. The van der Waals surface area contributed by atoms with Crippen molar-refractivity contribution >= 4 is 0 Å². The third-order valence-corrected chi connectivity index (χ3v) is 3.11. The van der Waals surface area contributed by atoms with E-state index in [2.05, 4.69) is 27.5 Å². The number of benzene rings is 1. The number of hydrogen-bond acceptors (Lipinski definition) is 5. The summed E-state index contributed by atoms with van der Waals surface area (Å²) in [7, 11) is 0. The maximum absolute atomic E-state index is 5.65. The summed E-state index contributed by atoms with van der Waals surface area (Å²) in [6.45, 7) is 3.44. The van der Waals surface area contributed by atoms with E-state index >= 15 is 0 Å². The lowest BCUT2D eigenvalue weighted by Gasteiger charge is -2.11. The molecule has 0 fully saturated rings. The van der Waals surface area contributed by atoms with E-state index in [1.54, 1.807) is 6.20 Å². The number of nitrogens with one attached hydrogen (secondary N) is 1. The Morgan fingerprint density at radius 1 is 1.19 bits per heavy atom. The van der Waals surface area contributed by atoms with E-state index in [-0.39, 0.29) is 6.04 Å². The van der Waals surface area contributed by atoms with E-state index in [0.717, 1.165) is 12.1 Å². The molecule has 1 N–H and O–H groups in total. The number of aromatic nitrogens is 4. The number of hydrogen-bond donors (Lipinski definition) is 1. The second-order valence-corrected chi connectivity index (χ2v) is 4.88. The first kappa shape index (κ1) is 13.5. The van der Waals surface area contributed by atoms with Gasteiger partial charge in [0.05, 0.1) is 13.1 Å². The summed E-state index contributed by atoms with van der Waals surface area (Å²) in [6.07, 6.45) is 3.72. The summed E-state index contributed by atoms with van der Waals surface area (Å²) in [4.78, 5) is 0. The van der Waals surface area contributed by atoms with Crippen LogP contribution in [0.5, 0.6) is 0 Å². The van der Waals surface area contributed by atoms with Crippen molar-refractivity contribution < 1.29 is 4.42 Å². The Bertz CT molecular complexity index is 662. The highest BCUT2D eigenvalue weighted by Crippen LogP contribution is 2.16. The van der Waals surface area contributed by atoms with Gasteiger partial charge in [0.2, 0.25) is 11.8 Å². The standard InChI is InChI=1S/C15H17N5O/c1-12(11-20-9-5-8-17-20)16-10-14-18-19-15(21-14)13-6-3-2-4-7-13/h2-9,12,16H,10-11H2,1H3/t12-/m1/s1. The van der Waals surface area contributed by atoms with Crippen LogP contribution in [0.15, 0.2) is 53.2 Å². The van der Waals surface area contributed by atoms with Crippen LogP contribution in [0.2, 0.25) is 0 Å². The molecule has 0 bridgehead atoms. The lowest BCUT2D eigenvalue weighted by molar-refractivity contribution is 0.411. The highest BCUT2D eigenvalue weighted by Gasteiger charge is 2.09. The fraction of sp³-hybridized carbons (Fsp3) is 0.267. The predicted molar refractivity (Wildman–Crippen MR) is 78.3 cm³/mol. The summed E-state index contributed by atoms with van der Waals surface area (Å²) in [5, 5.41) is 15.7. The molecule has 2 heterocycles. The molecule has 0 radical (unpaired) electrons. The quantitative estimate of drug-likeness (QED) is 0.750.